The molecule has 6 nitrogen and oxygen atoms in total. The molecule has 2 fully saturated rings. The van der Waals surface area contributed by atoms with E-state index in [0.717, 1.165) is 37.3 Å². The third-order valence-corrected chi connectivity index (χ3v) is 5.03. The molecule has 1 aliphatic carbocycles. The molecule has 1 saturated heterocycles. The molecular formula is C17H22FN5O. The van der Waals surface area contributed by atoms with E-state index >= 15 is 0 Å². The van der Waals surface area contributed by atoms with Gasteiger partial charge in [-0.25, -0.2) is 9.07 Å². The molecule has 128 valence electrons. The van der Waals surface area contributed by atoms with Gasteiger partial charge < -0.3 is 4.74 Å². The minimum Gasteiger partial charge on any atom is -0.379 e. The number of morpholine rings is 1. The van der Waals surface area contributed by atoms with E-state index < -0.39 is 0 Å². The molecule has 2 aliphatic rings. The minimum absolute atomic E-state index is 0.0647. The lowest BCUT2D eigenvalue weighted by molar-refractivity contribution is 0.0213. The van der Waals surface area contributed by atoms with Crippen LogP contribution in [0, 0.1) is 5.82 Å². The molecule has 0 radical (unpaired) electrons. The Bertz CT molecular complexity index is 662. The largest absolute Gasteiger partial charge is 0.379 e. The molecule has 2 aromatic rings. The Kier molecular flexibility index (Phi) is 4.53. The average Bonchev–Trinajstić information content (AvgIpc) is 3.29. The average molecular weight is 331 g/mol. The summed E-state index contributed by atoms with van der Waals surface area (Å²) in [4.78, 5) is 2.33. The van der Waals surface area contributed by atoms with Gasteiger partial charge in [-0.05, 0) is 41.0 Å². The number of rotatable bonds is 4. The van der Waals surface area contributed by atoms with Gasteiger partial charge in [-0.2, -0.15) is 0 Å². The third kappa shape index (κ3) is 3.06. The maximum atomic E-state index is 13.4. The van der Waals surface area contributed by atoms with Crippen molar-refractivity contribution in [1.29, 1.82) is 0 Å². The second-order valence-corrected chi connectivity index (χ2v) is 6.52. The van der Waals surface area contributed by atoms with Crippen LogP contribution in [0.4, 0.5) is 4.39 Å². The maximum Gasteiger partial charge on any atom is 0.173 e. The van der Waals surface area contributed by atoms with Crippen LogP contribution < -0.4 is 0 Å². The summed E-state index contributed by atoms with van der Waals surface area (Å²) in [5.74, 6) is 0.630. The summed E-state index contributed by atoms with van der Waals surface area (Å²) in [7, 11) is 0. The van der Waals surface area contributed by atoms with E-state index in [1.165, 1.54) is 25.0 Å². The summed E-state index contributed by atoms with van der Waals surface area (Å²) in [6, 6.07) is 7.00. The van der Waals surface area contributed by atoms with Gasteiger partial charge in [0.2, 0.25) is 0 Å². The lowest BCUT2D eigenvalue weighted by Crippen LogP contribution is -2.40. The van der Waals surface area contributed by atoms with Crippen molar-refractivity contribution in [2.45, 2.75) is 37.8 Å². The van der Waals surface area contributed by atoms with Gasteiger partial charge in [0.15, 0.2) is 5.82 Å². The highest BCUT2D eigenvalue weighted by Crippen LogP contribution is 2.34. The topological polar surface area (TPSA) is 56.1 Å². The van der Waals surface area contributed by atoms with Crippen LogP contribution in [0.2, 0.25) is 0 Å². The Morgan fingerprint density at radius 3 is 2.50 bits per heavy atom. The lowest BCUT2D eigenvalue weighted by Gasteiger charge is -2.34. The minimum atomic E-state index is -0.227. The number of hydrogen-bond donors (Lipinski definition) is 0. The first-order chi connectivity index (χ1) is 11.8. The molecular weight excluding hydrogens is 309 g/mol. The summed E-state index contributed by atoms with van der Waals surface area (Å²) in [5.41, 5.74) is 1.02. The van der Waals surface area contributed by atoms with Gasteiger partial charge in [-0.1, -0.05) is 25.0 Å². The van der Waals surface area contributed by atoms with E-state index in [4.69, 9.17) is 4.74 Å². The van der Waals surface area contributed by atoms with Crippen LogP contribution in [0.3, 0.4) is 0 Å². The predicted octanol–water partition coefficient (Wildman–Crippen LogP) is 2.35. The fourth-order valence-electron chi connectivity index (χ4n) is 3.79. The van der Waals surface area contributed by atoms with Gasteiger partial charge in [0.1, 0.15) is 5.82 Å². The van der Waals surface area contributed by atoms with Crippen LogP contribution in [0.25, 0.3) is 0 Å². The Labute approximate surface area is 140 Å². The second-order valence-electron chi connectivity index (χ2n) is 6.52. The lowest BCUT2D eigenvalue weighted by atomic mass is 10.0. The zero-order valence-corrected chi connectivity index (χ0v) is 13.6. The molecule has 1 atom stereocenters. The molecule has 0 bridgehead atoms. The zero-order valence-electron chi connectivity index (χ0n) is 13.6. The second kappa shape index (κ2) is 6.94. The number of tetrazole rings is 1. The standard InChI is InChI=1S/C17H22FN5O/c18-14-7-5-13(6-8-14)16(22-9-11-24-12-10-22)17-19-20-21-23(17)15-3-1-2-4-15/h5-8,15-16H,1-4,9-12H2/t16-/m0/s1. The first kappa shape index (κ1) is 15.7. The van der Waals surface area contributed by atoms with Crippen molar-refractivity contribution in [3.63, 3.8) is 0 Å². The SMILES string of the molecule is Fc1ccc([C@@H](c2nnnn2C2CCCC2)N2CCOCC2)cc1. The predicted molar refractivity (Wildman–Crippen MR) is 86.0 cm³/mol. The van der Waals surface area contributed by atoms with Crippen molar-refractivity contribution in [3.05, 3.63) is 41.5 Å². The van der Waals surface area contributed by atoms with Gasteiger partial charge in [-0.3, -0.25) is 4.90 Å². The Morgan fingerprint density at radius 1 is 1.08 bits per heavy atom. The van der Waals surface area contributed by atoms with E-state index in [9.17, 15) is 4.39 Å². The fourth-order valence-corrected chi connectivity index (χ4v) is 3.79. The van der Waals surface area contributed by atoms with Crippen molar-refractivity contribution in [2.24, 2.45) is 0 Å². The van der Waals surface area contributed by atoms with Crippen LogP contribution in [-0.2, 0) is 4.74 Å². The van der Waals surface area contributed by atoms with Crippen LogP contribution >= 0.6 is 0 Å². The van der Waals surface area contributed by atoms with Gasteiger partial charge in [0.05, 0.1) is 25.3 Å². The summed E-state index contributed by atoms with van der Waals surface area (Å²) in [6.45, 7) is 3.03. The summed E-state index contributed by atoms with van der Waals surface area (Å²) in [5, 5.41) is 12.6. The summed E-state index contributed by atoms with van der Waals surface area (Å²) < 4.78 is 20.9. The monoisotopic (exact) mass is 331 g/mol. The third-order valence-electron chi connectivity index (χ3n) is 5.03. The molecule has 1 saturated carbocycles. The fraction of sp³-hybridized carbons (Fsp3) is 0.588. The maximum absolute atomic E-state index is 13.4. The number of ether oxygens (including phenoxy) is 1. The first-order valence-corrected chi connectivity index (χ1v) is 8.68. The molecule has 0 amide bonds. The first-order valence-electron chi connectivity index (χ1n) is 8.68. The summed E-state index contributed by atoms with van der Waals surface area (Å²) in [6.07, 6.45) is 4.69. The highest BCUT2D eigenvalue weighted by molar-refractivity contribution is 5.25. The van der Waals surface area contributed by atoms with Gasteiger partial charge in [-0.15, -0.1) is 5.10 Å². The smallest absolute Gasteiger partial charge is 0.173 e. The number of halogens is 1. The molecule has 7 heteroatoms. The normalized spacial score (nSPS) is 21.2. The van der Waals surface area contributed by atoms with Crippen molar-refractivity contribution in [2.75, 3.05) is 26.3 Å². The Balaban J connectivity index is 1.72. The molecule has 2 heterocycles. The van der Waals surface area contributed by atoms with E-state index in [0.29, 0.717) is 19.3 Å². The molecule has 1 aromatic carbocycles. The molecule has 1 aliphatic heterocycles. The van der Waals surface area contributed by atoms with Crippen molar-refractivity contribution in [1.82, 2.24) is 25.1 Å². The van der Waals surface area contributed by atoms with E-state index in [2.05, 4.69) is 20.4 Å². The van der Waals surface area contributed by atoms with E-state index in [1.54, 1.807) is 0 Å². The van der Waals surface area contributed by atoms with Gasteiger partial charge in [0.25, 0.3) is 0 Å². The van der Waals surface area contributed by atoms with Crippen LogP contribution in [0.15, 0.2) is 24.3 Å². The molecule has 0 spiro atoms. The molecule has 4 rings (SSSR count). The van der Waals surface area contributed by atoms with Gasteiger partial charge in [0, 0.05) is 13.1 Å². The highest BCUT2D eigenvalue weighted by atomic mass is 19.1. The van der Waals surface area contributed by atoms with E-state index in [1.807, 2.05) is 16.8 Å². The number of benzene rings is 1. The Hall–Kier alpha value is -1.86. The van der Waals surface area contributed by atoms with Crippen LogP contribution in [0.5, 0.6) is 0 Å². The molecule has 0 unspecified atom stereocenters. The molecule has 1 aromatic heterocycles. The van der Waals surface area contributed by atoms with Crippen molar-refractivity contribution < 1.29 is 9.13 Å². The Morgan fingerprint density at radius 2 is 1.79 bits per heavy atom. The van der Waals surface area contributed by atoms with E-state index in [-0.39, 0.29) is 11.9 Å². The van der Waals surface area contributed by atoms with Crippen LogP contribution in [-0.4, -0.2) is 51.4 Å². The molecule has 0 N–H and O–H groups in total. The highest BCUT2D eigenvalue weighted by Gasteiger charge is 2.32. The van der Waals surface area contributed by atoms with Crippen LogP contribution in [0.1, 0.15) is 49.2 Å². The van der Waals surface area contributed by atoms with Crippen molar-refractivity contribution in [3.8, 4) is 0 Å². The zero-order chi connectivity index (χ0) is 16.4. The molecule has 24 heavy (non-hydrogen) atoms. The van der Waals surface area contributed by atoms with Crippen molar-refractivity contribution >= 4 is 0 Å². The summed E-state index contributed by atoms with van der Waals surface area (Å²) >= 11 is 0. The quantitative estimate of drug-likeness (QED) is 0.861. The number of nitrogens with zero attached hydrogens (tertiary/aromatic N) is 5. The van der Waals surface area contributed by atoms with Gasteiger partial charge >= 0.3 is 0 Å². The number of hydrogen-bond acceptors (Lipinski definition) is 5. The number of aromatic nitrogens is 4.